The molecule has 2 rings (SSSR count). The van der Waals surface area contributed by atoms with E-state index in [9.17, 15) is 18.5 Å². The summed E-state index contributed by atoms with van der Waals surface area (Å²) in [6.45, 7) is 5.53. The van der Waals surface area contributed by atoms with Crippen LogP contribution in [0.1, 0.15) is 19.8 Å². The quantitative estimate of drug-likeness (QED) is 0.177. The molecule has 1 aliphatic rings. The lowest BCUT2D eigenvalue weighted by molar-refractivity contribution is -0.385. The molecule has 1 aromatic rings. The average molecular weight is 413 g/mol. The van der Waals surface area contributed by atoms with Crippen LogP contribution in [0.4, 0.5) is 5.69 Å². The van der Waals surface area contributed by atoms with E-state index in [2.05, 4.69) is 32.2 Å². The summed E-state index contributed by atoms with van der Waals surface area (Å²) in [6.07, 6.45) is 2.35. The summed E-state index contributed by atoms with van der Waals surface area (Å²) in [4.78, 5) is 16.6. The molecule has 0 bridgehead atoms. The SMILES string of the molecule is CCN1CCCC1CNC(=NC)NCCNS(=O)(=O)c1cccc([N+](=O)[O-])c1. The second kappa shape index (κ2) is 10.3. The average Bonchev–Trinajstić information content (AvgIpc) is 3.15. The third-order valence-corrected chi connectivity index (χ3v) is 6.14. The molecule has 1 saturated heterocycles. The number of nitrogens with zero attached hydrogens (tertiary/aromatic N) is 3. The minimum absolute atomic E-state index is 0.121. The smallest absolute Gasteiger partial charge is 0.270 e. The predicted molar refractivity (Wildman–Crippen MR) is 108 cm³/mol. The van der Waals surface area contributed by atoms with Gasteiger partial charge in [0.05, 0.1) is 9.82 Å². The number of sulfonamides is 1. The van der Waals surface area contributed by atoms with Crippen molar-refractivity contribution >= 4 is 21.7 Å². The van der Waals surface area contributed by atoms with E-state index in [1.165, 1.54) is 24.6 Å². The molecule has 3 N–H and O–H groups in total. The van der Waals surface area contributed by atoms with Crippen LogP contribution in [0.2, 0.25) is 0 Å². The van der Waals surface area contributed by atoms with E-state index in [0.717, 1.165) is 32.1 Å². The third-order valence-electron chi connectivity index (χ3n) is 4.68. The number of likely N-dealkylation sites (tertiary alicyclic amines) is 1. The predicted octanol–water partition coefficient (Wildman–Crippen LogP) is 0.522. The molecule has 1 unspecified atom stereocenters. The highest BCUT2D eigenvalue weighted by Gasteiger charge is 2.22. The Bertz CT molecular complexity index is 799. The van der Waals surface area contributed by atoms with E-state index in [1.54, 1.807) is 7.05 Å². The molecule has 1 atom stereocenters. The lowest BCUT2D eigenvalue weighted by Crippen LogP contribution is -2.46. The second-order valence-corrected chi connectivity index (χ2v) is 8.22. The molecule has 0 saturated carbocycles. The van der Waals surface area contributed by atoms with Gasteiger partial charge in [-0.3, -0.25) is 20.0 Å². The van der Waals surface area contributed by atoms with Gasteiger partial charge in [-0.2, -0.15) is 0 Å². The summed E-state index contributed by atoms with van der Waals surface area (Å²) in [5.74, 6) is 0.609. The van der Waals surface area contributed by atoms with Crippen LogP contribution in [-0.4, -0.2) is 70.0 Å². The van der Waals surface area contributed by atoms with Gasteiger partial charge in [-0.1, -0.05) is 13.0 Å². The number of likely N-dealkylation sites (N-methyl/N-ethyl adjacent to an activating group) is 1. The number of guanidine groups is 1. The lowest BCUT2D eigenvalue weighted by atomic mass is 10.2. The van der Waals surface area contributed by atoms with Crippen LogP contribution in [-0.2, 0) is 10.0 Å². The Kier molecular flexibility index (Phi) is 8.15. The van der Waals surface area contributed by atoms with Gasteiger partial charge in [0.1, 0.15) is 0 Å². The number of non-ortho nitro benzene ring substituents is 1. The van der Waals surface area contributed by atoms with Crippen molar-refractivity contribution in [1.82, 2.24) is 20.3 Å². The number of rotatable bonds is 9. The van der Waals surface area contributed by atoms with Gasteiger partial charge in [0.25, 0.3) is 5.69 Å². The Balaban J connectivity index is 1.78. The largest absolute Gasteiger partial charge is 0.355 e. The van der Waals surface area contributed by atoms with Gasteiger partial charge in [0.15, 0.2) is 5.96 Å². The summed E-state index contributed by atoms with van der Waals surface area (Å²) in [7, 11) is -2.16. The van der Waals surface area contributed by atoms with E-state index in [1.807, 2.05) is 0 Å². The lowest BCUT2D eigenvalue weighted by Gasteiger charge is -2.24. The van der Waals surface area contributed by atoms with E-state index < -0.39 is 14.9 Å². The molecule has 10 nitrogen and oxygen atoms in total. The zero-order valence-electron chi connectivity index (χ0n) is 16.2. The van der Waals surface area contributed by atoms with Gasteiger partial charge in [0, 0.05) is 44.9 Å². The van der Waals surface area contributed by atoms with E-state index in [4.69, 9.17) is 0 Å². The van der Waals surface area contributed by atoms with Crippen molar-refractivity contribution in [2.75, 3.05) is 39.8 Å². The highest BCUT2D eigenvalue weighted by atomic mass is 32.2. The molecule has 1 fully saturated rings. The molecule has 28 heavy (non-hydrogen) atoms. The number of hydrogen-bond donors (Lipinski definition) is 3. The van der Waals surface area contributed by atoms with Crippen LogP contribution in [0.15, 0.2) is 34.2 Å². The van der Waals surface area contributed by atoms with E-state index in [-0.39, 0.29) is 17.1 Å². The Hall–Kier alpha value is -2.24. The monoisotopic (exact) mass is 412 g/mol. The Morgan fingerprint density at radius 1 is 1.36 bits per heavy atom. The molecule has 1 heterocycles. The molecule has 156 valence electrons. The summed E-state index contributed by atoms with van der Waals surface area (Å²) in [5.41, 5.74) is -0.265. The number of benzene rings is 1. The van der Waals surface area contributed by atoms with Crippen LogP contribution in [0.3, 0.4) is 0 Å². The molecule has 0 aliphatic carbocycles. The Morgan fingerprint density at radius 2 is 2.14 bits per heavy atom. The van der Waals surface area contributed by atoms with Crippen molar-refractivity contribution in [3.05, 3.63) is 34.4 Å². The van der Waals surface area contributed by atoms with Gasteiger partial charge in [-0.05, 0) is 32.0 Å². The Labute approximate surface area is 165 Å². The molecule has 11 heteroatoms. The second-order valence-electron chi connectivity index (χ2n) is 6.46. The molecule has 0 radical (unpaired) electrons. The summed E-state index contributed by atoms with van der Waals surface area (Å²) in [6, 6.07) is 5.44. The third kappa shape index (κ3) is 6.14. The van der Waals surface area contributed by atoms with Gasteiger partial charge in [-0.15, -0.1) is 0 Å². The maximum Gasteiger partial charge on any atom is 0.270 e. The number of nitro groups is 1. The summed E-state index contributed by atoms with van der Waals surface area (Å²) in [5, 5.41) is 17.1. The highest BCUT2D eigenvalue weighted by Crippen LogP contribution is 2.17. The normalized spacial score (nSPS) is 18.2. The first kappa shape index (κ1) is 22.1. The minimum atomic E-state index is -3.82. The van der Waals surface area contributed by atoms with Crippen molar-refractivity contribution in [2.24, 2.45) is 4.99 Å². The number of nitro benzene ring substituents is 1. The van der Waals surface area contributed by atoms with E-state index in [0.29, 0.717) is 18.5 Å². The first-order chi connectivity index (χ1) is 13.4. The maximum absolute atomic E-state index is 12.3. The number of aliphatic imine (C=N–C) groups is 1. The fourth-order valence-electron chi connectivity index (χ4n) is 3.19. The summed E-state index contributed by atoms with van der Waals surface area (Å²) >= 11 is 0. The molecule has 0 aromatic heterocycles. The van der Waals surface area contributed by atoms with Crippen LogP contribution >= 0.6 is 0 Å². The van der Waals surface area contributed by atoms with Crippen molar-refractivity contribution < 1.29 is 13.3 Å². The zero-order chi connectivity index (χ0) is 20.6. The minimum Gasteiger partial charge on any atom is -0.355 e. The topological polar surface area (TPSA) is 129 Å². The molecule has 0 amide bonds. The van der Waals surface area contributed by atoms with E-state index >= 15 is 0 Å². The fraction of sp³-hybridized carbons (Fsp3) is 0.588. The van der Waals surface area contributed by atoms with Crippen molar-refractivity contribution in [2.45, 2.75) is 30.7 Å². The van der Waals surface area contributed by atoms with Crippen LogP contribution in [0.5, 0.6) is 0 Å². The number of hydrogen-bond acceptors (Lipinski definition) is 6. The van der Waals surface area contributed by atoms with Crippen LogP contribution < -0.4 is 15.4 Å². The standard InChI is InChI=1S/C17H28N6O4S/c1-3-22-11-5-7-15(22)13-20-17(18-2)19-9-10-21-28(26,27)16-8-4-6-14(12-16)23(24)25/h4,6,8,12,15,21H,3,5,7,9-11,13H2,1-2H3,(H2,18,19,20). The van der Waals surface area contributed by atoms with Crippen molar-refractivity contribution in [1.29, 1.82) is 0 Å². The molecular weight excluding hydrogens is 384 g/mol. The highest BCUT2D eigenvalue weighted by molar-refractivity contribution is 7.89. The van der Waals surface area contributed by atoms with Crippen LogP contribution in [0.25, 0.3) is 0 Å². The van der Waals surface area contributed by atoms with Crippen LogP contribution in [0, 0.1) is 10.1 Å². The maximum atomic E-state index is 12.3. The van der Waals surface area contributed by atoms with Gasteiger partial charge < -0.3 is 10.6 Å². The van der Waals surface area contributed by atoms with Gasteiger partial charge in [-0.25, -0.2) is 13.1 Å². The van der Waals surface area contributed by atoms with Crippen molar-refractivity contribution in [3.8, 4) is 0 Å². The van der Waals surface area contributed by atoms with Gasteiger partial charge >= 0.3 is 0 Å². The molecule has 0 spiro atoms. The first-order valence-electron chi connectivity index (χ1n) is 9.30. The number of nitrogens with one attached hydrogen (secondary N) is 3. The van der Waals surface area contributed by atoms with Gasteiger partial charge in [0.2, 0.25) is 10.0 Å². The molecule has 1 aliphatic heterocycles. The van der Waals surface area contributed by atoms with Crippen molar-refractivity contribution in [3.63, 3.8) is 0 Å². The zero-order valence-corrected chi connectivity index (χ0v) is 17.0. The summed E-state index contributed by atoms with van der Waals surface area (Å²) < 4.78 is 27.0. The fourth-order valence-corrected chi connectivity index (χ4v) is 4.26. The Morgan fingerprint density at radius 3 is 2.82 bits per heavy atom. The molecular formula is C17H28N6O4S. The molecule has 1 aromatic carbocycles. The first-order valence-corrected chi connectivity index (χ1v) is 10.8.